The summed E-state index contributed by atoms with van der Waals surface area (Å²) in [6.45, 7) is 6.26. The molecule has 0 radical (unpaired) electrons. The van der Waals surface area contributed by atoms with Crippen molar-refractivity contribution in [3.05, 3.63) is 0 Å². The number of carbonyl (C=O) groups excluding carboxylic acids is 1. The number of rotatable bonds is 3. The van der Waals surface area contributed by atoms with E-state index >= 15 is 0 Å². The average Bonchev–Trinajstić information content (AvgIpc) is 2.56. The summed E-state index contributed by atoms with van der Waals surface area (Å²) >= 11 is 4.37. The van der Waals surface area contributed by atoms with Crippen molar-refractivity contribution in [3.63, 3.8) is 0 Å². The lowest BCUT2D eigenvalue weighted by Gasteiger charge is -2.34. The van der Waals surface area contributed by atoms with E-state index in [4.69, 9.17) is 0 Å². The number of carbonyl (C=O) groups is 1. The fourth-order valence-electron chi connectivity index (χ4n) is 2.71. The summed E-state index contributed by atoms with van der Waals surface area (Å²) in [6, 6.07) is 0.693. The van der Waals surface area contributed by atoms with Gasteiger partial charge in [-0.1, -0.05) is 6.42 Å². The van der Waals surface area contributed by atoms with Crippen molar-refractivity contribution < 1.29 is 4.79 Å². The second kappa shape index (κ2) is 5.41. The Morgan fingerprint density at radius 3 is 2.81 bits per heavy atom. The first-order valence-electron chi connectivity index (χ1n) is 6.36. The molecule has 2 unspecified atom stereocenters. The van der Waals surface area contributed by atoms with Crippen molar-refractivity contribution >= 4 is 18.5 Å². The molecule has 0 saturated carbocycles. The Hall–Kier alpha value is -0.220. The minimum absolute atomic E-state index is 0.256. The molecule has 1 amide bonds. The summed E-state index contributed by atoms with van der Waals surface area (Å²) in [6.07, 6.45) is 4.61. The molecule has 0 spiro atoms. The third-order valence-electron chi connectivity index (χ3n) is 3.79. The van der Waals surface area contributed by atoms with E-state index in [-0.39, 0.29) is 11.2 Å². The molecule has 2 heterocycles. The second-order valence-corrected chi connectivity index (χ2v) is 5.81. The molecular weight excluding hydrogens is 220 g/mol. The number of amides is 1. The third-order valence-corrected chi connectivity index (χ3v) is 4.14. The Labute approximate surface area is 104 Å². The molecule has 4 heteroatoms. The molecule has 0 aromatic rings. The number of piperidine rings is 1. The number of nitrogens with zero attached hydrogens (tertiary/aromatic N) is 2. The highest BCUT2D eigenvalue weighted by molar-refractivity contribution is 7.81. The molecule has 0 N–H and O–H groups in total. The minimum Gasteiger partial charge on any atom is -0.340 e. The number of thiol groups is 1. The van der Waals surface area contributed by atoms with Gasteiger partial charge in [-0.25, -0.2) is 0 Å². The Morgan fingerprint density at radius 2 is 2.19 bits per heavy atom. The van der Waals surface area contributed by atoms with Gasteiger partial charge in [-0.15, -0.1) is 0 Å². The van der Waals surface area contributed by atoms with Crippen molar-refractivity contribution in [2.45, 2.75) is 43.9 Å². The first-order valence-corrected chi connectivity index (χ1v) is 6.88. The maximum atomic E-state index is 11.6. The van der Waals surface area contributed by atoms with Gasteiger partial charge >= 0.3 is 0 Å². The Bertz CT molecular complexity index is 259. The van der Waals surface area contributed by atoms with Gasteiger partial charge in [0, 0.05) is 37.3 Å². The highest BCUT2D eigenvalue weighted by Crippen LogP contribution is 2.18. The largest absolute Gasteiger partial charge is 0.340 e. The predicted octanol–water partition coefficient (Wildman–Crippen LogP) is 1.39. The van der Waals surface area contributed by atoms with Crippen LogP contribution < -0.4 is 0 Å². The lowest BCUT2D eigenvalue weighted by atomic mass is 10.0. The van der Waals surface area contributed by atoms with E-state index in [0.29, 0.717) is 12.5 Å². The zero-order valence-corrected chi connectivity index (χ0v) is 11.0. The molecule has 2 fully saturated rings. The van der Waals surface area contributed by atoms with E-state index in [1.165, 1.54) is 25.8 Å². The van der Waals surface area contributed by atoms with Gasteiger partial charge in [-0.3, -0.25) is 9.69 Å². The topological polar surface area (TPSA) is 23.6 Å². The summed E-state index contributed by atoms with van der Waals surface area (Å²) in [5.41, 5.74) is 0. The SMILES string of the molecule is CC1CCCCN1CCN1CC(S)CC1=O. The van der Waals surface area contributed by atoms with Crippen LogP contribution >= 0.6 is 12.6 Å². The van der Waals surface area contributed by atoms with Crippen LogP contribution in [-0.2, 0) is 4.79 Å². The molecule has 92 valence electrons. The quantitative estimate of drug-likeness (QED) is 0.756. The summed E-state index contributed by atoms with van der Waals surface area (Å²) in [5, 5.41) is 0.256. The molecule has 16 heavy (non-hydrogen) atoms. The van der Waals surface area contributed by atoms with Crippen LogP contribution in [-0.4, -0.2) is 53.2 Å². The Morgan fingerprint density at radius 1 is 1.38 bits per heavy atom. The number of hydrogen-bond donors (Lipinski definition) is 1. The first-order chi connectivity index (χ1) is 7.66. The van der Waals surface area contributed by atoms with Crippen molar-refractivity contribution in [2.24, 2.45) is 0 Å². The third kappa shape index (κ3) is 2.92. The van der Waals surface area contributed by atoms with Crippen LogP contribution in [0.1, 0.15) is 32.6 Å². The van der Waals surface area contributed by atoms with E-state index in [9.17, 15) is 4.79 Å². The predicted molar refractivity (Wildman–Crippen MR) is 68.9 cm³/mol. The van der Waals surface area contributed by atoms with Gasteiger partial charge in [0.25, 0.3) is 0 Å². The Kier molecular flexibility index (Phi) is 4.14. The minimum atomic E-state index is 0.256. The fourth-order valence-corrected chi connectivity index (χ4v) is 3.06. The van der Waals surface area contributed by atoms with Gasteiger partial charge < -0.3 is 4.90 Å². The van der Waals surface area contributed by atoms with Crippen LogP contribution in [0.2, 0.25) is 0 Å². The van der Waals surface area contributed by atoms with E-state index in [1.807, 2.05) is 4.90 Å². The molecule has 2 saturated heterocycles. The van der Waals surface area contributed by atoms with E-state index in [0.717, 1.165) is 19.6 Å². The molecule has 2 aliphatic rings. The van der Waals surface area contributed by atoms with Gasteiger partial charge in [0.05, 0.1) is 0 Å². The molecule has 3 nitrogen and oxygen atoms in total. The van der Waals surface area contributed by atoms with E-state index < -0.39 is 0 Å². The van der Waals surface area contributed by atoms with Gasteiger partial charge in [0.2, 0.25) is 5.91 Å². The van der Waals surface area contributed by atoms with Crippen LogP contribution in [0.5, 0.6) is 0 Å². The summed E-state index contributed by atoms with van der Waals surface area (Å²) in [4.78, 5) is 16.1. The average molecular weight is 242 g/mol. The standard InChI is InChI=1S/C12H22N2OS/c1-10-4-2-3-5-13(10)6-7-14-9-11(16)8-12(14)15/h10-11,16H,2-9H2,1H3. The van der Waals surface area contributed by atoms with Crippen LogP contribution in [0.4, 0.5) is 0 Å². The number of likely N-dealkylation sites (tertiary alicyclic amines) is 2. The van der Waals surface area contributed by atoms with E-state index in [1.54, 1.807) is 0 Å². The molecule has 0 aliphatic carbocycles. The van der Waals surface area contributed by atoms with Crippen molar-refractivity contribution in [1.29, 1.82) is 0 Å². The molecule has 2 aliphatic heterocycles. The summed E-state index contributed by atoms with van der Waals surface area (Å²) < 4.78 is 0. The van der Waals surface area contributed by atoms with Crippen molar-refractivity contribution in [1.82, 2.24) is 9.80 Å². The van der Waals surface area contributed by atoms with Crippen molar-refractivity contribution in [3.8, 4) is 0 Å². The maximum absolute atomic E-state index is 11.6. The zero-order valence-electron chi connectivity index (χ0n) is 10.1. The second-order valence-electron chi connectivity index (χ2n) is 5.08. The summed E-state index contributed by atoms with van der Waals surface area (Å²) in [7, 11) is 0. The van der Waals surface area contributed by atoms with Crippen LogP contribution in [0.15, 0.2) is 0 Å². The van der Waals surface area contributed by atoms with Crippen LogP contribution in [0, 0.1) is 0 Å². The maximum Gasteiger partial charge on any atom is 0.223 e. The highest BCUT2D eigenvalue weighted by Gasteiger charge is 2.27. The van der Waals surface area contributed by atoms with E-state index in [2.05, 4.69) is 24.5 Å². The van der Waals surface area contributed by atoms with Gasteiger partial charge in [0.1, 0.15) is 0 Å². The van der Waals surface area contributed by atoms with Crippen molar-refractivity contribution in [2.75, 3.05) is 26.2 Å². The monoisotopic (exact) mass is 242 g/mol. The van der Waals surface area contributed by atoms with Crippen LogP contribution in [0.3, 0.4) is 0 Å². The highest BCUT2D eigenvalue weighted by atomic mass is 32.1. The number of hydrogen-bond acceptors (Lipinski definition) is 3. The molecule has 0 bridgehead atoms. The fraction of sp³-hybridized carbons (Fsp3) is 0.917. The molecule has 0 aromatic carbocycles. The summed E-state index contributed by atoms with van der Waals surface area (Å²) in [5.74, 6) is 0.282. The normalized spacial score (nSPS) is 32.4. The van der Waals surface area contributed by atoms with Crippen LogP contribution in [0.25, 0.3) is 0 Å². The van der Waals surface area contributed by atoms with Gasteiger partial charge in [0.15, 0.2) is 0 Å². The zero-order chi connectivity index (χ0) is 11.5. The molecule has 0 aromatic heterocycles. The molecular formula is C12H22N2OS. The molecule has 2 atom stereocenters. The lowest BCUT2D eigenvalue weighted by molar-refractivity contribution is -0.127. The van der Waals surface area contributed by atoms with Gasteiger partial charge in [-0.05, 0) is 26.3 Å². The smallest absolute Gasteiger partial charge is 0.223 e. The molecule has 2 rings (SSSR count). The Balaban J connectivity index is 1.76. The first kappa shape index (κ1) is 12.2. The lowest BCUT2D eigenvalue weighted by Crippen LogP contribution is -2.42. The van der Waals surface area contributed by atoms with Gasteiger partial charge in [-0.2, -0.15) is 12.6 Å².